The molecule has 0 aliphatic carbocycles. The minimum Gasteiger partial charge on any atom is -0.493 e. The lowest BCUT2D eigenvalue weighted by atomic mass is 9.86. The summed E-state index contributed by atoms with van der Waals surface area (Å²) in [6.07, 6.45) is 6.10. The van der Waals surface area contributed by atoms with Gasteiger partial charge in [-0.25, -0.2) is 0 Å². The van der Waals surface area contributed by atoms with E-state index in [-0.39, 0.29) is 11.4 Å². The highest BCUT2D eigenvalue weighted by Crippen LogP contribution is 2.37. The molecule has 2 aliphatic heterocycles. The van der Waals surface area contributed by atoms with E-state index < -0.39 is 0 Å². The van der Waals surface area contributed by atoms with Gasteiger partial charge >= 0.3 is 0 Å². The lowest BCUT2D eigenvalue weighted by Crippen LogP contribution is -2.58. The maximum Gasteiger partial charge on any atom is 0.240 e. The second-order valence-electron chi connectivity index (χ2n) is 7.49. The van der Waals surface area contributed by atoms with Gasteiger partial charge in [0.05, 0.1) is 7.11 Å². The van der Waals surface area contributed by atoms with Gasteiger partial charge in [0.1, 0.15) is 12.1 Å². The number of allylic oxidation sites excluding steroid dienone is 1. The first-order valence-electron chi connectivity index (χ1n) is 9.51. The summed E-state index contributed by atoms with van der Waals surface area (Å²) in [6.45, 7) is 7.17. The Hall–Kier alpha value is -2.01. The molecule has 5 nitrogen and oxygen atoms in total. The molecule has 0 radical (unpaired) electrons. The SMILES string of the molecule is COc1cc(CN2CCCC23CCCNC3=O)ccc1OCC=C(C)C. The van der Waals surface area contributed by atoms with E-state index in [2.05, 4.69) is 30.1 Å². The van der Waals surface area contributed by atoms with E-state index in [1.807, 2.05) is 18.2 Å². The van der Waals surface area contributed by atoms with Gasteiger partial charge in [-0.2, -0.15) is 0 Å². The van der Waals surface area contributed by atoms with Crippen LogP contribution in [0.3, 0.4) is 0 Å². The lowest BCUT2D eigenvalue weighted by molar-refractivity contribution is -0.134. The molecule has 2 saturated heterocycles. The van der Waals surface area contributed by atoms with Gasteiger partial charge in [-0.1, -0.05) is 11.6 Å². The molecule has 1 N–H and O–H groups in total. The normalized spacial score (nSPS) is 23.0. The first-order chi connectivity index (χ1) is 12.5. The fraction of sp³-hybridized carbons (Fsp3) is 0.571. The Morgan fingerprint density at radius 2 is 2.08 bits per heavy atom. The summed E-state index contributed by atoms with van der Waals surface area (Å²) in [5.74, 6) is 1.70. The molecule has 0 bridgehead atoms. The maximum atomic E-state index is 12.6. The fourth-order valence-electron chi connectivity index (χ4n) is 4.01. The number of carbonyl (C=O) groups excluding carboxylic acids is 1. The molecule has 2 heterocycles. The summed E-state index contributed by atoms with van der Waals surface area (Å²) >= 11 is 0. The second kappa shape index (κ2) is 8.12. The number of nitrogens with one attached hydrogen (secondary N) is 1. The second-order valence-corrected chi connectivity index (χ2v) is 7.49. The van der Waals surface area contributed by atoms with E-state index in [9.17, 15) is 4.79 Å². The summed E-state index contributed by atoms with van der Waals surface area (Å²) in [5, 5.41) is 3.06. The number of piperidine rings is 1. The van der Waals surface area contributed by atoms with Crippen molar-refractivity contribution in [1.29, 1.82) is 0 Å². The van der Waals surface area contributed by atoms with Gasteiger partial charge in [0, 0.05) is 13.1 Å². The van der Waals surface area contributed by atoms with Crippen LogP contribution in [0.25, 0.3) is 0 Å². The number of benzene rings is 1. The number of hydrogen-bond donors (Lipinski definition) is 1. The zero-order valence-corrected chi connectivity index (χ0v) is 16.1. The van der Waals surface area contributed by atoms with Crippen LogP contribution in [-0.4, -0.2) is 43.2 Å². The maximum absolute atomic E-state index is 12.6. The van der Waals surface area contributed by atoms with Gasteiger partial charge in [-0.15, -0.1) is 0 Å². The molecule has 2 aliphatic rings. The summed E-state index contributed by atoms with van der Waals surface area (Å²) in [5.41, 5.74) is 2.06. The van der Waals surface area contributed by atoms with E-state index in [4.69, 9.17) is 9.47 Å². The van der Waals surface area contributed by atoms with E-state index in [0.717, 1.165) is 62.4 Å². The minimum atomic E-state index is -0.315. The lowest BCUT2D eigenvalue weighted by Gasteiger charge is -2.40. The molecule has 5 heteroatoms. The molecule has 0 aromatic heterocycles. The van der Waals surface area contributed by atoms with Gasteiger partial charge < -0.3 is 14.8 Å². The summed E-state index contributed by atoms with van der Waals surface area (Å²) in [7, 11) is 1.67. The van der Waals surface area contributed by atoms with Gasteiger partial charge in [0.2, 0.25) is 5.91 Å². The third-order valence-electron chi connectivity index (χ3n) is 5.43. The van der Waals surface area contributed by atoms with Crippen molar-refractivity contribution in [2.45, 2.75) is 51.6 Å². The number of methoxy groups -OCH3 is 1. The molecule has 26 heavy (non-hydrogen) atoms. The minimum absolute atomic E-state index is 0.204. The predicted octanol–water partition coefficient (Wildman–Crippen LogP) is 3.28. The van der Waals surface area contributed by atoms with Crippen LogP contribution in [0.5, 0.6) is 11.5 Å². The summed E-state index contributed by atoms with van der Waals surface area (Å²) in [4.78, 5) is 14.9. The average Bonchev–Trinajstić information content (AvgIpc) is 3.01. The molecule has 1 amide bonds. The number of likely N-dealkylation sites (tertiary alicyclic amines) is 1. The van der Waals surface area contributed by atoms with E-state index in [0.29, 0.717) is 6.61 Å². The monoisotopic (exact) mass is 358 g/mol. The molecule has 0 saturated carbocycles. The van der Waals surface area contributed by atoms with Crippen molar-refractivity contribution in [2.24, 2.45) is 0 Å². The number of ether oxygens (including phenoxy) is 2. The molecule has 3 rings (SSSR count). The average molecular weight is 358 g/mol. The van der Waals surface area contributed by atoms with Crippen molar-refractivity contribution in [2.75, 3.05) is 26.8 Å². The number of carbonyl (C=O) groups is 1. The van der Waals surface area contributed by atoms with Gasteiger partial charge in [0.25, 0.3) is 0 Å². The van der Waals surface area contributed by atoms with Crippen LogP contribution in [-0.2, 0) is 11.3 Å². The van der Waals surface area contributed by atoms with Crippen LogP contribution in [0.15, 0.2) is 29.8 Å². The molecule has 1 spiro atoms. The van der Waals surface area contributed by atoms with Gasteiger partial charge in [0.15, 0.2) is 11.5 Å². The van der Waals surface area contributed by atoms with E-state index in [1.54, 1.807) is 7.11 Å². The van der Waals surface area contributed by atoms with E-state index in [1.165, 1.54) is 5.57 Å². The van der Waals surface area contributed by atoms with Crippen molar-refractivity contribution in [3.8, 4) is 11.5 Å². The number of hydrogen-bond acceptors (Lipinski definition) is 4. The van der Waals surface area contributed by atoms with Gasteiger partial charge in [-0.05, 0) is 69.8 Å². The van der Waals surface area contributed by atoms with Crippen LogP contribution < -0.4 is 14.8 Å². The molecular weight excluding hydrogens is 328 g/mol. The number of amides is 1. The zero-order chi connectivity index (χ0) is 18.6. The highest BCUT2D eigenvalue weighted by molar-refractivity contribution is 5.87. The van der Waals surface area contributed by atoms with Crippen molar-refractivity contribution in [3.05, 3.63) is 35.4 Å². The van der Waals surface area contributed by atoms with E-state index >= 15 is 0 Å². The third-order valence-corrected chi connectivity index (χ3v) is 5.43. The van der Waals surface area contributed by atoms with Crippen LogP contribution in [0.4, 0.5) is 0 Å². The smallest absolute Gasteiger partial charge is 0.240 e. The Morgan fingerprint density at radius 1 is 1.27 bits per heavy atom. The first-order valence-corrected chi connectivity index (χ1v) is 9.51. The molecular formula is C21H30N2O3. The van der Waals surface area contributed by atoms with Crippen LogP contribution >= 0.6 is 0 Å². The van der Waals surface area contributed by atoms with Crippen molar-refractivity contribution >= 4 is 5.91 Å². The van der Waals surface area contributed by atoms with Gasteiger partial charge in [-0.3, -0.25) is 9.69 Å². The quantitative estimate of drug-likeness (QED) is 0.793. The Kier molecular flexibility index (Phi) is 5.87. The predicted molar refractivity (Wildman–Crippen MR) is 103 cm³/mol. The van der Waals surface area contributed by atoms with Crippen molar-refractivity contribution in [3.63, 3.8) is 0 Å². The van der Waals surface area contributed by atoms with Crippen molar-refractivity contribution < 1.29 is 14.3 Å². The highest BCUT2D eigenvalue weighted by Gasteiger charge is 2.48. The molecule has 1 atom stereocenters. The number of nitrogens with zero attached hydrogens (tertiary/aromatic N) is 1. The first kappa shape index (κ1) is 18.8. The third kappa shape index (κ3) is 3.88. The number of rotatable bonds is 6. The topological polar surface area (TPSA) is 50.8 Å². The Bertz CT molecular complexity index is 682. The fourth-order valence-corrected chi connectivity index (χ4v) is 4.01. The standard InChI is InChI=1S/C21H30N2O3/c1-16(2)8-13-26-18-7-6-17(14-19(18)25-3)15-23-12-5-10-21(23)9-4-11-22-20(21)24/h6-8,14H,4-5,9-13,15H2,1-3H3,(H,22,24). The Morgan fingerprint density at radius 3 is 2.81 bits per heavy atom. The van der Waals surface area contributed by atoms with Crippen molar-refractivity contribution in [1.82, 2.24) is 10.2 Å². The van der Waals surface area contributed by atoms with Crippen LogP contribution in [0.2, 0.25) is 0 Å². The molecule has 1 aromatic carbocycles. The molecule has 142 valence electrons. The zero-order valence-electron chi connectivity index (χ0n) is 16.1. The molecule has 2 fully saturated rings. The Balaban J connectivity index is 1.73. The van der Waals surface area contributed by atoms with Crippen LogP contribution in [0, 0.1) is 0 Å². The molecule has 1 aromatic rings. The summed E-state index contributed by atoms with van der Waals surface area (Å²) in [6, 6.07) is 6.08. The largest absolute Gasteiger partial charge is 0.493 e. The van der Waals surface area contributed by atoms with Crippen LogP contribution in [0.1, 0.15) is 45.1 Å². The molecule has 1 unspecified atom stereocenters. The Labute approximate surface area is 156 Å². The highest BCUT2D eigenvalue weighted by atomic mass is 16.5. The summed E-state index contributed by atoms with van der Waals surface area (Å²) < 4.78 is 11.3.